The summed E-state index contributed by atoms with van der Waals surface area (Å²) < 4.78 is 0. The molecule has 3 nitrogen and oxygen atoms in total. The summed E-state index contributed by atoms with van der Waals surface area (Å²) in [5.74, 6) is 0. The Morgan fingerprint density at radius 1 is 1.56 bits per heavy atom. The molecular formula is C5H13AlN2O. The van der Waals surface area contributed by atoms with Gasteiger partial charge in [0.25, 0.3) is 0 Å². The van der Waals surface area contributed by atoms with Gasteiger partial charge in [-0.1, -0.05) is 0 Å². The van der Waals surface area contributed by atoms with Crippen LogP contribution in [0.5, 0.6) is 0 Å². The van der Waals surface area contributed by atoms with Crippen LogP contribution in [0.25, 0.3) is 0 Å². The second-order valence-electron chi connectivity index (χ2n) is 1.42. The number of rotatable bonds is 3. The first-order valence-electron chi connectivity index (χ1n) is 2.41. The predicted octanol–water partition coefficient (Wildman–Crippen LogP) is -1.81. The Morgan fingerprint density at radius 3 is 2.44 bits per heavy atom. The fraction of sp³-hybridized carbons (Fsp3) is 0.400. The maximum absolute atomic E-state index is 9.69. The van der Waals surface area contributed by atoms with Gasteiger partial charge in [0, 0.05) is 5.70 Å². The van der Waals surface area contributed by atoms with E-state index in [1.165, 1.54) is 6.08 Å². The van der Waals surface area contributed by atoms with Gasteiger partial charge >= 0.3 is 0 Å². The molecule has 4 heteroatoms. The minimum absolute atomic E-state index is 0. The highest BCUT2D eigenvalue weighted by molar-refractivity contribution is 5.75. The fourth-order valence-corrected chi connectivity index (χ4v) is 0.337. The van der Waals surface area contributed by atoms with Gasteiger partial charge in [-0.15, -0.1) is 0 Å². The van der Waals surface area contributed by atoms with Crippen molar-refractivity contribution in [1.29, 1.82) is 0 Å². The van der Waals surface area contributed by atoms with E-state index < -0.39 is 0 Å². The summed E-state index contributed by atoms with van der Waals surface area (Å²) in [4.78, 5) is 9.69. The van der Waals surface area contributed by atoms with Crippen LogP contribution < -0.4 is 11.5 Å². The summed E-state index contributed by atoms with van der Waals surface area (Å²) in [6.45, 7) is 0.496. The number of carbonyl (C=O) groups is 1. The molecule has 0 aliphatic heterocycles. The van der Waals surface area contributed by atoms with Crippen molar-refractivity contribution in [1.82, 2.24) is 0 Å². The Hall–Kier alpha value is -0.298. The van der Waals surface area contributed by atoms with Crippen LogP contribution in [0.1, 0.15) is 6.42 Å². The number of hydrogen-bond acceptors (Lipinski definition) is 3. The smallest absolute Gasteiger partial charge is 0.187 e. The maximum atomic E-state index is 9.69. The molecule has 0 radical (unpaired) electrons. The van der Waals surface area contributed by atoms with Crippen LogP contribution >= 0.6 is 0 Å². The normalized spacial score (nSPS) is 10.1. The molecule has 0 rings (SSSR count). The van der Waals surface area contributed by atoms with Crippen molar-refractivity contribution in [2.45, 2.75) is 6.42 Å². The SMILES string of the molecule is NCCC(N)=CC=O.[AlH3]. The number of allylic oxidation sites excluding steroid dienone is 1. The highest BCUT2D eigenvalue weighted by Crippen LogP contribution is 1.84. The summed E-state index contributed by atoms with van der Waals surface area (Å²) in [7, 11) is 0. The second-order valence-corrected chi connectivity index (χ2v) is 1.42. The Morgan fingerprint density at radius 2 is 2.11 bits per heavy atom. The molecule has 0 aliphatic carbocycles. The lowest BCUT2D eigenvalue weighted by Crippen LogP contribution is -2.06. The topological polar surface area (TPSA) is 69.1 Å². The molecule has 0 aromatic rings. The number of aldehydes is 1. The van der Waals surface area contributed by atoms with Gasteiger partial charge in [-0.2, -0.15) is 0 Å². The van der Waals surface area contributed by atoms with Crippen molar-refractivity contribution in [2.24, 2.45) is 11.5 Å². The third-order valence-corrected chi connectivity index (χ3v) is 0.715. The highest BCUT2D eigenvalue weighted by Gasteiger charge is 1.83. The van der Waals surface area contributed by atoms with Crippen LogP contribution in [-0.2, 0) is 4.79 Å². The van der Waals surface area contributed by atoms with Crippen molar-refractivity contribution >= 4 is 23.6 Å². The van der Waals surface area contributed by atoms with E-state index >= 15 is 0 Å². The van der Waals surface area contributed by atoms with Crippen molar-refractivity contribution in [3.8, 4) is 0 Å². The van der Waals surface area contributed by atoms with Gasteiger partial charge in [0.05, 0.1) is 0 Å². The summed E-state index contributed by atoms with van der Waals surface area (Å²) in [5.41, 5.74) is 10.9. The van der Waals surface area contributed by atoms with Crippen LogP contribution in [0.2, 0.25) is 0 Å². The van der Waals surface area contributed by atoms with E-state index in [0.717, 1.165) is 0 Å². The van der Waals surface area contributed by atoms with Crippen molar-refractivity contribution in [3.63, 3.8) is 0 Å². The zero-order chi connectivity index (χ0) is 6.41. The summed E-state index contributed by atoms with van der Waals surface area (Å²) in [5, 5.41) is 0. The molecule has 0 saturated heterocycles. The molecule has 0 aromatic carbocycles. The Bertz CT molecular complexity index is 103. The third kappa shape index (κ3) is 7.70. The molecular weight excluding hydrogens is 131 g/mol. The van der Waals surface area contributed by atoms with E-state index in [1.807, 2.05) is 0 Å². The largest absolute Gasteiger partial charge is 0.402 e. The van der Waals surface area contributed by atoms with Gasteiger partial charge < -0.3 is 11.5 Å². The first-order valence-corrected chi connectivity index (χ1v) is 2.41. The fourth-order valence-electron chi connectivity index (χ4n) is 0.337. The van der Waals surface area contributed by atoms with Crippen LogP contribution in [0.3, 0.4) is 0 Å². The minimum Gasteiger partial charge on any atom is -0.402 e. The maximum Gasteiger partial charge on any atom is 0.187 e. The van der Waals surface area contributed by atoms with Gasteiger partial charge in [0.1, 0.15) is 6.29 Å². The van der Waals surface area contributed by atoms with Crippen molar-refractivity contribution < 1.29 is 4.79 Å². The van der Waals surface area contributed by atoms with E-state index in [4.69, 9.17) is 11.5 Å². The van der Waals surface area contributed by atoms with Gasteiger partial charge in [0.2, 0.25) is 0 Å². The molecule has 0 bridgehead atoms. The molecule has 0 unspecified atom stereocenters. The first kappa shape index (κ1) is 11.5. The summed E-state index contributed by atoms with van der Waals surface area (Å²) >= 11 is 0. The van der Waals surface area contributed by atoms with Gasteiger partial charge in [-0.3, -0.25) is 4.79 Å². The molecule has 4 N–H and O–H groups in total. The first-order chi connectivity index (χ1) is 3.81. The van der Waals surface area contributed by atoms with E-state index in [0.29, 0.717) is 24.9 Å². The Labute approximate surface area is 65.2 Å². The molecule has 0 aliphatic rings. The molecule has 0 atom stereocenters. The van der Waals surface area contributed by atoms with Crippen molar-refractivity contribution in [3.05, 3.63) is 11.8 Å². The monoisotopic (exact) mass is 144 g/mol. The molecule has 0 fully saturated rings. The molecule has 0 aromatic heterocycles. The van der Waals surface area contributed by atoms with Crippen LogP contribution in [0, 0.1) is 0 Å². The second kappa shape index (κ2) is 7.70. The third-order valence-electron chi connectivity index (χ3n) is 0.715. The minimum atomic E-state index is 0. The lowest BCUT2D eigenvalue weighted by molar-refractivity contribution is -0.104. The van der Waals surface area contributed by atoms with Gasteiger partial charge in [-0.05, 0) is 19.0 Å². The lowest BCUT2D eigenvalue weighted by atomic mass is 10.3. The zero-order valence-electron chi connectivity index (χ0n) is 4.63. The predicted molar refractivity (Wildman–Crippen MR) is 41.9 cm³/mol. The quantitative estimate of drug-likeness (QED) is 0.279. The summed E-state index contributed by atoms with van der Waals surface area (Å²) in [6, 6.07) is 0. The Balaban J connectivity index is 0. The molecule has 0 spiro atoms. The molecule has 0 amide bonds. The van der Waals surface area contributed by atoms with E-state index in [2.05, 4.69) is 0 Å². The van der Waals surface area contributed by atoms with E-state index in [9.17, 15) is 4.79 Å². The molecule has 0 saturated carbocycles. The Kier molecular flexibility index (Phi) is 9.84. The van der Waals surface area contributed by atoms with Gasteiger partial charge in [-0.25, -0.2) is 0 Å². The average molecular weight is 144 g/mol. The molecule has 9 heavy (non-hydrogen) atoms. The molecule has 52 valence electrons. The average Bonchev–Trinajstić information content (AvgIpc) is 1.68. The number of nitrogens with two attached hydrogens (primary N) is 2. The lowest BCUT2D eigenvalue weighted by Gasteiger charge is -1.91. The number of hydrogen-bond donors (Lipinski definition) is 2. The zero-order valence-corrected chi connectivity index (χ0v) is 4.63. The van der Waals surface area contributed by atoms with Crippen molar-refractivity contribution in [2.75, 3.05) is 6.54 Å². The standard InChI is InChI=1S/C5H10N2O.Al.3H/c6-3-1-5(7)2-4-8;;;;/h2,4H,1,3,6-7H2;;;;. The van der Waals surface area contributed by atoms with E-state index in [1.54, 1.807) is 0 Å². The van der Waals surface area contributed by atoms with E-state index in [-0.39, 0.29) is 17.4 Å². The number of carbonyl (C=O) groups excluding carboxylic acids is 1. The highest BCUT2D eigenvalue weighted by atomic mass is 27.0. The van der Waals surface area contributed by atoms with Crippen LogP contribution in [0.15, 0.2) is 11.8 Å². The summed E-state index contributed by atoms with van der Waals surface area (Å²) in [6.07, 6.45) is 2.57. The molecule has 0 heterocycles. The van der Waals surface area contributed by atoms with Crippen LogP contribution in [0.4, 0.5) is 0 Å². The van der Waals surface area contributed by atoms with Gasteiger partial charge in [0.15, 0.2) is 17.4 Å². The van der Waals surface area contributed by atoms with Crippen LogP contribution in [-0.4, -0.2) is 30.2 Å².